The minimum absolute atomic E-state index is 0.0279. The second-order valence-corrected chi connectivity index (χ2v) is 4.29. The largest absolute Gasteiger partial charge is 0.481 e. The zero-order valence-electron chi connectivity index (χ0n) is 10.2. The summed E-state index contributed by atoms with van der Waals surface area (Å²) in [7, 11) is 0. The minimum Gasteiger partial charge on any atom is -0.481 e. The molecule has 0 aliphatic carbocycles. The van der Waals surface area contributed by atoms with Crippen molar-refractivity contribution in [2.24, 2.45) is 5.92 Å². The molecule has 0 heterocycles. The van der Waals surface area contributed by atoms with Crippen molar-refractivity contribution in [3.05, 3.63) is 29.0 Å². The number of carboxylic acid groups (broad SMARTS) is 1. The quantitative estimate of drug-likeness (QED) is 0.779. The Labute approximate surface area is 114 Å². The SMILES string of the molecule is CCC(CNC(=O)Nc1cccc(Cl)c1F)C(=O)O. The van der Waals surface area contributed by atoms with Crippen molar-refractivity contribution in [1.29, 1.82) is 0 Å². The molecule has 5 nitrogen and oxygen atoms in total. The number of hydrogen-bond donors (Lipinski definition) is 3. The van der Waals surface area contributed by atoms with E-state index < -0.39 is 23.7 Å². The van der Waals surface area contributed by atoms with Crippen molar-refractivity contribution in [2.45, 2.75) is 13.3 Å². The van der Waals surface area contributed by atoms with E-state index in [1.54, 1.807) is 6.92 Å². The van der Waals surface area contributed by atoms with Crippen LogP contribution in [0, 0.1) is 11.7 Å². The molecule has 0 saturated carbocycles. The van der Waals surface area contributed by atoms with E-state index >= 15 is 0 Å². The molecule has 0 aliphatic heterocycles. The molecular weight excluding hydrogens is 275 g/mol. The molecule has 0 saturated heterocycles. The summed E-state index contributed by atoms with van der Waals surface area (Å²) in [5, 5.41) is 13.3. The van der Waals surface area contributed by atoms with Crippen LogP contribution >= 0.6 is 11.6 Å². The van der Waals surface area contributed by atoms with Gasteiger partial charge in [-0.3, -0.25) is 4.79 Å². The summed E-state index contributed by atoms with van der Waals surface area (Å²) < 4.78 is 13.5. The van der Waals surface area contributed by atoms with Gasteiger partial charge < -0.3 is 15.7 Å². The molecule has 1 aromatic rings. The monoisotopic (exact) mass is 288 g/mol. The highest BCUT2D eigenvalue weighted by molar-refractivity contribution is 6.31. The van der Waals surface area contributed by atoms with Gasteiger partial charge in [-0.25, -0.2) is 9.18 Å². The highest BCUT2D eigenvalue weighted by atomic mass is 35.5. The van der Waals surface area contributed by atoms with Crippen LogP contribution < -0.4 is 10.6 Å². The lowest BCUT2D eigenvalue weighted by molar-refractivity contribution is -0.141. The molecule has 1 rings (SSSR count). The number of carbonyl (C=O) groups is 2. The van der Waals surface area contributed by atoms with Crippen molar-refractivity contribution >= 4 is 29.3 Å². The summed E-state index contributed by atoms with van der Waals surface area (Å²) in [6.07, 6.45) is 0.390. The molecule has 0 aromatic heterocycles. The molecule has 0 fully saturated rings. The summed E-state index contributed by atoms with van der Waals surface area (Å²) in [6, 6.07) is 3.53. The first-order chi connectivity index (χ1) is 8.95. The standard InChI is InChI=1S/C12H14ClFN2O3/c1-2-7(11(17)18)6-15-12(19)16-9-5-3-4-8(13)10(9)14/h3-5,7H,2,6H2,1H3,(H,17,18)(H2,15,16,19). The summed E-state index contributed by atoms with van der Waals surface area (Å²) in [5.41, 5.74) is -0.0617. The van der Waals surface area contributed by atoms with E-state index in [2.05, 4.69) is 10.6 Å². The van der Waals surface area contributed by atoms with Gasteiger partial charge in [-0.2, -0.15) is 0 Å². The third kappa shape index (κ3) is 4.40. The Morgan fingerprint density at radius 1 is 1.47 bits per heavy atom. The van der Waals surface area contributed by atoms with Crippen molar-refractivity contribution in [1.82, 2.24) is 5.32 Å². The molecule has 1 aromatic carbocycles. The van der Waals surface area contributed by atoms with Crippen LogP contribution in [0.3, 0.4) is 0 Å². The van der Waals surface area contributed by atoms with Gasteiger partial charge in [0, 0.05) is 6.54 Å². The van der Waals surface area contributed by atoms with Crippen LogP contribution in [-0.4, -0.2) is 23.7 Å². The van der Waals surface area contributed by atoms with Gasteiger partial charge in [-0.1, -0.05) is 24.6 Å². The van der Waals surface area contributed by atoms with Crippen LogP contribution in [0.1, 0.15) is 13.3 Å². The molecule has 0 spiro atoms. The van der Waals surface area contributed by atoms with Gasteiger partial charge in [-0.05, 0) is 18.6 Å². The fraction of sp³-hybridized carbons (Fsp3) is 0.333. The number of urea groups is 1. The Morgan fingerprint density at radius 3 is 2.74 bits per heavy atom. The van der Waals surface area contributed by atoms with E-state index in [0.29, 0.717) is 6.42 Å². The number of rotatable bonds is 5. The van der Waals surface area contributed by atoms with Crippen LogP contribution in [0.25, 0.3) is 0 Å². The Morgan fingerprint density at radius 2 is 2.16 bits per heavy atom. The van der Waals surface area contributed by atoms with Gasteiger partial charge in [0.2, 0.25) is 0 Å². The number of anilines is 1. The molecule has 2 amide bonds. The second kappa shape index (κ2) is 6.94. The third-order valence-corrected chi connectivity index (χ3v) is 2.84. The Bertz CT molecular complexity index is 482. The van der Waals surface area contributed by atoms with Gasteiger partial charge in [0.05, 0.1) is 16.6 Å². The lowest BCUT2D eigenvalue weighted by Gasteiger charge is -2.12. The van der Waals surface area contributed by atoms with Crippen molar-refractivity contribution in [3.63, 3.8) is 0 Å². The van der Waals surface area contributed by atoms with Gasteiger partial charge >= 0.3 is 12.0 Å². The zero-order chi connectivity index (χ0) is 14.4. The van der Waals surface area contributed by atoms with Gasteiger partial charge in [0.25, 0.3) is 0 Å². The molecule has 19 heavy (non-hydrogen) atoms. The number of nitrogens with one attached hydrogen (secondary N) is 2. The third-order valence-electron chi connectivity index (χ3n) is 2.55. The second-order valence-electron chi connectivity index (χ2n) is 3.88. The summed E-state index contributed by atoms with van der Waals surface area (Å²) >= 11 is 5.56. The predicted molar refractivity (Wildman–Crippen MR) is 69.8 cm³/mol. The molecule has 1 unspecified atom stereocenters. The average Bonchev–Trinajstić information content (AvgIpc) is 2.35. The smallest absolute Gasteiger partial charge is 0.319 e. The van der Waals surface area contributed by atoms with E-state index in [1.807, 2.05) is 0 Å². The number of halogens is 2. The molecule has 7 heteroatoms. The van der Waals surface area contributed by atoms with Crippen molar-refractivity contribution in [3.8, 4) is 0 Å². The number of carbonyl (C=O) groups excluding carboxylic acids is 1. The van der Waals surface area contributed by atoms with E-state index in [9.17, 15) is 14.0 Å². The molecule has 1 atom stereocenters. The van der Waals surface area contributed by atoms with Crippen LogP contribution in [0.15, 0.2) is 18.2 Å². The Balaban J connectivity index is 2.56. The highest BCUT2D eigenvalue weighted by Crippen LogP contribution is 2.21. The molecule has 0 radical (unpaired) electrons. The van der Waals surface area contributed by atoms with Crippen LogP contribution in [0.4, 0.5) is 14.9 Å². The maximum absolute atomic E-state index is 13.5. The summed E-state index contributed by atoms with van der Waals surface area (Å²) in [6.45, 7) is 1.68. The van der Waals surface area contributed by atoms with Crippen molar-refractivity contribution in [2.75, 3.05) is 11.9 Å². The number of aliphatic carboxylic acids is 1. The molecule has 104 valence electrons. The molecular formula is C12H14ClFN2O3. The first kappa shape index (κ1) is 15.2. The van der Waals surface area contributed by atoms with Gasteiger partial charge in [0.15, 0.2) is 5.82 Å². The number of hydrogen-bond acceptors (Lipinski definition) is 2. The minimum atomic E-state index is -0.989. The number of amides is 2. The Hall–Kier alpha value is -1.82. The summed E-state index contributed by atoms with van der Waals surface area (Å²) in [5.74, 6) is -2.39. The lowest BCUT2D eigenvalue weighted by atomic mass is 10.1. The Kier molecular flexibility index (Phi) is 5.57. The van der Waals surface area contributed by atoms with Gasteiger partial charge in [0.1, 0.15) is 0 Å². The fourth-order valence-corrected chi connectivity index (χ4v) is 1.56. The topological polar surface area (TPSA) is 78.4 Å². The van der Waals surface area contributed by atoms with Gasteiger partial charge in [-0.15, -0.1) is 0 Å². The maximum atomic E-state index is 13.5. The number of benzene rings is 1. The van der Waals surface area contributed by atoms with E-state index in [1.165, 1.54) is 18.2 Å². The first-order valence-electron chi connectivity index (χ1n) is 5.67. The summed E-state index contributed by atoms with van der Waals surface area (Å²) in [4.78, 5) is 22.2. The van der Waals surface area contributed by atoms with E-state index in [4.69, 9.17) is 16.7 Å². The van der Waals surface area contributed by atoms with Crippen LogP contribution in [0.2, 0.25) is 5.02 Å². The van der Waals surface area contributed by atoms with E-state index in [0.717, 1.165) is 0 Å². The number of carboxylic acids is 1. The molecule has 3 N–H and O–H groups in total. The normalized spacial score (nSPS) is 11.7. The highest BCUT2D eigenvalue weighted by Gasteiger charge is 2.16. The molecule has 0 aliphatic rings. The lowest BCUT2D eigenvalue weighted by Crippen LogP contribution is -2.35. The zero-order valence-corrected chi connectivity index (χ0v) is 11.0. The predicted octanol–water partition coefficient (Wildman–Crippen LogP) is 2.71. The molecule has 0 bridgehead atoms. The van der Waals surface area contributed by atoms with Crippen molar-refractivity contribution < 1.29 is 19.1 Å². The fourth-order valence-electron chi connectivity index (χ4n) is 1.39. The average molecular weight is 289 g/mol. The maximum Gasteiger partial charge on any atom is 0.319 e. The first-order valence-corrected chi connectivity index (χ1v) is 6.05. The van der Waals surface area contributed by atoms with E-state index in [-0.39, 0.29) is 17.3 Å². The van der Waals surface area contributed by atoms with Crippen LogP contribution in [-0.2, 0) is 4.79 Å². The van der Waals surface area contributed by atoms with Crippen LogP contribution in [0.5, 0.6) is 0 Å².